The summed E-state index contributed by atoms with van der Waals surface area (Å²) in [7, 11) is -1.72. The third-order valence-corrected chi connectivity index (χ3v) is 9.09. The van der Waals surface area contributed by atoms with Gasteiger partial charge in [-0.3, -0.25) is 10.1 Å². The third-order valence-electron chi connectivity index (χ3n) is 4.06. The molecule has 0 saturated heterocycles. The Morgan fingerprint density at radius 1 is 1.36 bits per heavy atom. The van der Waals surface area contributed by atoms with Crippen LogP contribution in [-0.2, 0) is 4.43 Å². The fourth-order valence-electron chi connectivity index (χ4n) is 1.65. The van der Waals surface area contributed by atoms with E-state index in [9.17, 15) is 10.1 Å². The number of nitrogens with zero attached hydrogens (tertiary/aromatic N) is 1. The molecule has 124 valence electrons. The van der Waals surface area contributed by atoms with E-state index >= 15 is 0 Å². The zero-order valence-electron chi connectivity index (χ0n) is 13.9. The molecule has 1 aromatic carbocycles. The molecule has 0 radical (unpaired) electrons. The molecule has 0 bridgehead atoms. The smallest absolute Gasteiger partial charge is 0.292 e. The number of hydrogen-bond donors (Lipinski definition) is 1. The number of halogens is 1. The molecule has 1 rings (SSSR count). The highest BCUT2D eigenvalue weighted by atomic mass is 79.9. The van der Waals surface area contributed by atoms with Gasteiger partial charge in [0.25, 0.3) is 5.69 Å². The highest BCUT2D eigenvalue weighted by molar-refractivity contribution is 9.10. The first-order valence-electron chi connectivity index (χ1n) is 7.36. The first-order valence-corrected chi connectivity index (χ1v) is 11.1. The lowest BCUT2D eigenvalue weighted by atomic mass is 10.2. The predicted octanol–water partition coefficient (Wildman–Crippen LogP) is 5.18. The summed E-state index contributed by atoms with van der Waals surface area (Å²) in [6.07, 6.45) is 0.816. The molecule has 0 aromatic heterocycles. The van der Waals surface area contributed by atoms with Gasteiger partial charge < -0.3 is 9.74 Å². The molecule has 0 aliphatic carbocycles. The van der Waals surface area contributed by atoms with Crippen molar-refractivity contribution in [1.29, 1.82) is 0 Å². The van der Waals surface area contributed by atoms with Gasteiger partial charge in [0.15, 0.2) is 8.32 Å². The van der Waals surface area contributed by atoms with E-state index in [1.54, 1.807) is 12.1 Å². The molecule has 0 spiro atoms. The minimum atomic E-state index is -1.72. The van der Waals surface area contributed by atoms with Gasteiger partial charge in [0.2, 0.25) is 0 Å². The van der Waals surface area contributed by atoms with E-state index in [1.165, 1.54) is 6.07 Å². The van der Waals surface area contributed by atoms with Crippen LogP contribution in [0.15, 0.2) is 22.7 Å². The molecule has 0 aliphatic rings. The summed E-state index contributed by atoms with van der Waals surface area (Å²) in [5.74, 6) is 0. The highest BCUT2D eigenvalue weighted by Crippen LogP contribution is 2.36. The number of nitro benzene ring substituents is 1. The predicted molar refractivity (Wildman–Crippen MR) is 97.1 cm³/mol. The van der Waals surface area contributed by atoms with Crippen LogP contribution in [0.3, 0.4) is 0 Å². The molecule has 7 heteroatoms. The molecule has 1 N–H and O–H groups in total. The number of rotatable bonds is 7. The lowest BCUT2D eigenvalue weighted by molar-refractivity contribution is -0.384. The maximum absolute atomic E-state index is 11.0. The Hall–Kier alpha value is -0.923. The Balaban J connectivity index is 2.49. The summed E-state index contributed by atoms with van der Waals surface area (Å²) in [5.41, 5.74) is 0.625. The van der Waals surface area contributed by atoms with Crippen molar-refractivity contribution in [3.05, 3.63) is 32.8 Å². The van der Waals surface area contributed by atoms with Crippen molar-refractivity contribution in [2.45, 2.75) is 45.3 Å². The van der Waals surface area contributed by atoms with Crippen LogP contribution in [0.1, 0.15) is 27.2 Å². The fourth-order valence-corrected chi connectivity index (χ4v) is 3.10. The lowest BCUT2D eigenvalue weighted by Gasteiger charge is -2.36. The van der Waals surface area contributed by atoms with Gasteiger partial charge in [0, 0.05) is 23.7 Å². The fraction of sp³-hybridized carbons (Fsp3) is 0.600. The quantitative estimate of drug-likeness (QED) is 0.302. The summed E-state index contributed by atoms with van der Waals surface area (Å²) in [4.78, 5) is 10.6. The largest absolute Gasteiger partial charge is 0.417 e. The van der Waals surface area contributed by atoms with Crippen molar-refractivity contribution in [3.63, 3.8) is 0 Å². The Morgan fingerprint density at radius 3 is 2.55 bits per heavy atom. The summed E-state index contributed by atoms with van der Waals surface area (Å²) < 4.78 is 6.91. The Bertz CT molecular complexity index is 530. The Labute approximate surface area is 141 Å². The van der Waals surface area contributed by atoms with E-state index in [0.717, 1.165) is 10.9 Å². The van der Waals surface area contributed by atoms with E-state index in [0.29, 0.717) is 18.8 Å². The average molecular weight is 389 g/mol. The number of hydrogen-bond acceptors (Lipinski definition) is 4. The molecule has 1 aromatic rings. The van der Waals surface area contributed by atoms with Gasteiger partial charge in [0.05, 0.1) is 4.92 Å². The molecule has 0 fully saturated rings. The summed E-state index contributed by atoms with van der Waals surface area (Å²) >= 11 is 3.33. The molecule has 0 saturated carbocycles. The lowest BCUT2D eigenvalue weighted by Crippen LogP contribution is -2.41. The first-order chi connectivity index (χ1) is 10.0. The number of nitro groups is 1. The first kappa shape index (κ1) is 19.1. The SMILES string of the molecule is CC(C)(C)[Si](C)(C)OCCCNc1cc(Br)ccc1[N+](=O)[O-]. The van der Waals surface area contributed by atoms with Crippen LogP contribution in [0, 0.1) is 10.1 Å². The standard InChI is InChI=1S/C15H25BrN2O3Si/c1-15(2,3)22(4,5)21-10-6-9-17-13-11-12(16)7-8-14(13)18(19)20/h7-8,11,17H,6,9-10H2,1-5H3. The van der Waals surface area contributed by atoms with Crippen molar-refractivity contribution in [2.24, 2.45) is 0 Å². The van der Waals surface area contributed by atoms with Gasteiger partial charge in [-0.25, -0.2) is 0 Å². The van der Waals surface area contributed by atoms with E-state index < -0.39 is 8.32 Å². The van der Waals surface area contributed by atoms with Gasteiger partial charge in [-0.05, 0) is 36.7 Å². The summed E-state index contributed by atoms with van der Waals surface area (Å²) in [5, 5.41) is 14.3. The van der Waals surface area contributed by atoms with Crippen molar-refractivity contribution >= 4 is 35.6 Å². The second-order valence-electron chi connectivity index (χ2n) is 6.81. The summed E-state index contributed by atoms with van der Waals surface area (Å²) in [6.45, 7) is 12.4. The number of nitrogens with one attached hydrogen (secondary N) is 1. The monoisotopic (exact) mass is 388 g/mol. The van der Waals surface area contributed by atoms with Crippen LogP contribution >= 0.6 is 15.9 Å². The van der Waals surface area contributed by atoms with Gasteiger partial charge >= 0.3 is 0 Å². The number of benzene rings is 1. The van der Waals surface area contributed by atoms with E-state index in [2.05, 4.69) is 55.1 Å². The van der Waals surface area contributed by atoms with Crippen molar-refractivity contribution < 1.29 is 9.35 Å². The Morgan fingerprint density at radius 2 is 2.00 bits per heavy atom. The second kappa shape index (κ2) is 7.57. The molecule has 5 nitrogen and oxygen atoms in total. The minimum Gasteiger partial charge on any atom is -0.417 e. The maximum atomic E-state index is 11.0. The van der Waals surface area contributed by atoms with Crippen molar-refractivity contribution in [3.8, 4) is 0 Å². The van der Waals surface area contributed by atoms with Gasteiger partial charge in [-0.2, -0.15) is 0 Å². The molecule has 0 heterocycles. The molecular weight excluding hydrogens is 364 g/mol. The van der Waals surface area contributed by atoms with Crippen molar-refractivity contribution in [2.75, 3.05) is 18.5 Å². The van der Waals surface area contributed by atoms with E-state index in [-0.39, 0.29) is 15.6 Å². The van der Waals surface area contributed by atoms with E-state index in [1.807, 2.05) is 0 Å². The normalized spacial score (nSPS) is 12.3. The number of anilines is 1. The average Bonchev–Trinajstić information content (AvgIpc) is 2.36. The van der Waals surface area contributed by atoms with Gasteiger partial charge in [-0.15, -0.1) is 0 Å². The molecule has 0 amide bonds. The summed E-state index contributed by atoms with van der Waals surface area (Å²) in [6, 6.07) is 4.90. The van der Waals surface area contributed by atoms with Crippen LogP contribution in [0.2, 0.25) is 18.1 Å². The molecular formula is C15H25BrN2O3Si. The van der Waals surface area contributed by atoms with Crippen LogP contribution in [-0.4, -0.2) is 26.4 Å². The molecule has 0 unspecified atom stereocenters. The van der Waals surface area contributed by atoms with Gasteiger partial charge in [-0.1, -0.05) is 36.7 Å². The zero-order chi connectivity index (χ0) is 17.0. The second-order valence-corrected chi connectivity index (χ2v) is 12.5. The van der Waals surface area contributed by atoms with Crippen LogP contribution < -0.4 is 5.32 Å². The third kappa shape index (κ3) is 5.37. The molecule has 0 aliphatic heterocycles. The van der Waals surface area contributed by atoms with Crippen molar-refractivity contribution in [1.82, 2.24) is 0 Å². The molecule has 0 atom stereocenters. The van der Waals surface area contributed by atoms with Crippen LogP contribution in [0.4, 0.5) is 11.4 Å². The Kier molecular flexibility index (Phi) is 6.58. The van der Waals surface area contributed by atoms with Gasteiger partial charge in [0.1, 0.15) is 5.69 Å². The highest BCUT2D eigenvalue weighted by Gasteiger charge is 2.36. The molecule has 22 heavy (non-hydrogen) atoms. The zero-order valence-corrected chi connectivity index (χ0v) is 16.5. The van der Waals surface area contributed by atoms with Crippen LogP contribution in [0.5, 0.6) is 0 Å². The topological polar surface area (TPSA) is 64.4 Å². The van der Waals surface area contributed by atoms with Crippen LogP contribution in [0.25, 0.3) is 0 Å². The minimum absolute atomic E-state index is 0.0912. The van der Waals surface area contributed by atoms with E-state index in [4.69, 9.17) is 4.43 Å². The maximum Gasteiger partial charge on any atom is 0.292 e.